The van der Waals surface area contributed by atoms with E-state index in [-0.39, 0.29) is 11.3 Å². The minimum absolute atomic E-state index is 0.105. The standard InChI is InChI=1S/C24H17F8N/c25-21(26)18-8-6-16(12-19(18)22(27,28)24(31,32)23(21,29)30)20-17-7-5-14(13-3-1-2-4-13)11-15(17)9-10-33-20/h5-13H,1-4H2. The van der Waals surface area contributed by atoms with E-state index in [0.717, 1.165) is 42.7 Å². The number of hydrogen-bond acceptors (Lipinski definition) is 1. The van der Waals surface area contributed by atoms with Crippen LogP contribution in [0.3, 0.4) is 0 Å². The highest BCUT2D eigenvalue weighted by Gasteiger charge is 2.85. The molecular weight excluding hydrogens is 454 g/mol. The lowest BCUT2D eigenvalue weighted by Crippen LogP contribution is -2.63. The van der Waals surface area contributed by atoms with E-state index in [2.05, 4.69) is 4.98 Å². The average molecular weight is 471 g/mol. The molecule has 2 aliphatic carbocycles. The molecule has 1 aromatic heterocycles. The Morgan fingerprint density at radius 1 is 0.697 bits per heavy atom. The van der Waals surface area contributed by atoms with Gasteiger partial charge in [-0.05, 0) is 41.8 Å². The number of hydrogen-bond donors (Lipinski definition) is 0. The molecule has 0 unspecified atom stereocenters. The minimum atomic E-state index is -6.28. The summed E-state index contributed by atoms with van der Waals surface area (Å²) in [7, 11) is 0. The summed E-state index contributed by atoms with van der Waals surface area (Å²) in [6, 6.07) is 8.93. The first-order valence-corrected chi connectivity index (χ1v) is 10.4. The zero-order valence-electron chi connectivity index (χ0n) is 17.0. The van der Waals surface area contributed by atoms with Crippen molar-refractivity contribution in [1.29, 1.82) is 0 Å². The third kappa shape index (κ3) is 2.86. The summed E-state index contributed by atoms with van der Waals surface area (Å²) in [5.74, 6) is -23.1. The molecule has 0 radical (unpaired) electrons. The molecule has 0 saturated heterocycles. The molecule has 9 heteroatoms. The van der Waals surface area contributed by atoms with Crippen LogP contribution in [0.1, 0.15) is 48.3 Å². The Labute approximate surface area is 183 Å². The Morgan fingerprint density at radius 3 is 2.00 bits per heavy atom. The maximum absolute atomic E-state index is 14.5. The maximum Gasteiger partial charge on any atom is 0.382 e. The van der Waals surface area contributed by atoms with Gasteiger partial charge in [0.15, 0.2) is 0 Å². The highest BCUT2D eigenvalue weighted by molar-refractivity contribution is 5.95. The Morgan fingerprint density at radius 2 is 1.33 bits per heavy atom. The van der Waals surface area contributed by atoms with Gasteiger partial charge < -0.3 is 0 Å². The van der Waals surface area contributed by atoms with Gasteiger partial charge in [0, 0.05) is 28.3 Å². The Hall–Kier alpha value is -2.71. The van der Waals surface area contributed by atoms with Crippen molar-refractivity contribution in [3.63, 3.8) is 0 Å². The molecule has 0 amide bonds. The summed E-state index contributed by atoms with van der Waals surface area (Å²) in [5, 5.41) is 1.22. The van der Waals surface area contributed by atoms with Crippen LogP contribution in [0.2, 0.25) is 0 Å². The van der Waals surface area contributed by atoms with E-state index in [0.29, 0.717) is 23.4 Å². The van der Waals surface area contributed by atoms with Crippen LogP contribution < -0.4 is 0 Å². The molecular formula is C24H17F8N. The second-order valence-electron chi connectivity index (χ2n) is 8.68. The van der Waals surface area contributed by atoms with Crippen molar-refractivity contribution >= 4 is 10.8 Å². The second kappa shape index (κ2) is 6.90. The highest BCUT2D eigenvalue weighted by atomic mass is 19.4. The summed E-state index contributed by atoms with van der Waals surface area (Å²) in [6.45, 7) is 0. The normalized spacial score (nSPS) is 22.9. The fourth-order valence-electron chi connectivity index (χ4n) is 4.90. The molecule has 1 fully saturated rings. The van der Waals surface area contributed by atoms with Crippen LogP contribution in [0, 0.1) is 0 Å². The number of rotatable bonds is 2. The largest absolute Gasteiger partial charge is 0.382 e. The van der Waals surface area contributed by atoms with Gasteiger partial charge in [0.2, 0.25) is 0 Å². The van der Waals surface area contributed by atoms with Gasteiger partial charge in [0.1, 0.15) is 0 Å². The van der Waals surface area contributed by atoms with Crippen LogP contribution in [0.15, 0.2) is 48.7 Å². The lowest BCUT2D eigenvalue weighted by Gasteiger charge is -2.42. The molecule has 174 valence electrons. The zero-order valence-corrected chi connectivity index (χ0v) is 17.0. The number of nitrogens with zero attached hydrogens (tertiary/aromatic N) is 1. The second-order valence-corrected chi connectivity index (χ2v) is 8.68. The van der Waals surface area contributed by atoms with Crippen molar-refractivity contribution in [1.82, 2.24) is 4.98 Å². The molecule has 33 heavy (non-hydrogen) atoms. The van der Waals surface area contributed by atoms with Crippen LogP contribution in [-0.4, -0.2) is 16.8 Å². The van der Waals surface area contributed by atoms with Crippen LogP contribution in [0.4, 0.5) is 35.1 Å². The predicted molar refractivity (Wildman–Crippen MR) is 106 cm³/mol. The van der Waals surface area contributed by atoms with Gasteiger partial charge >= 0.3 is 23.7 Å². The number of pyridine rings is 1. The van der Waals surface area contributed by atoms with Crippen LogP contribution >= 0.6 is 0 Å². The molecule has 3 aromatic rings. The molecule has 0 spiro atoms. The van der Waals surface area contributed by atoms with E-state index < -0.39 is 34.8 Å². The molecule has 0 atom stereocenters. The molecule has 0 aliphatic heterocycles. The van der Waals surface area contributed by atoms with E-state index in [1.54, 1.807) is 12.1 Å². The van der Waals surface area contributed by atoms with Crippen LogP contribution in [0.25, 0.3) is 22.0 Å². The van der Waals surface area contributed by atoms with Crippen molar-refractivity contribution in [2.24, 2.45) is 0 Å². The molecule has 1 saturated carbocycles. The van der Waals surface area contributed by atoms with E-state index in [1.807, 2.05) is 12.1 Å². The number of alkyl halides is 8. The summed E-state index contributed by atoms with van der Waals surface area (Å²) in [6.07, 6.45) is 5.75. The lowest BCUT2D eigenvalue weighted by molar-refractivity contribution is -0.386. The van der Waals surface area contributed by atoms with E-state index in [1.165, 1.54) is 6.20 Å². The summed E-state index contributed by atoms with van der Waals surface area (Å²) in [4.78, 5) is 4.13. The van der Waals surface area contributed by atoms with Crippen LogP contribution in [-0.2, 0) is 11.8 Å². The van der Waals surface area contributed by atoms with Crippen molar-refractivity contribution in [2.45, 2.75) is 55.3 Å². The monoisotopic (exact) mass is 471 g/mol. The third-order valence-electron chi connectivity index (χ3n) is 6.77. The van der Waals surface area contributed by atoms with Gasteiger partial charge in [-0.3, -0.25) is 4.98 Å². The van der Waals surface area contributed by atoms with Crippen molar-refractivity contribution < 1.29 is 35.1 Å². The Kier molecular flexibility index (Phi) is 4.62. The molecule has 1 nitrogen and oxygen atoms in total. The Balaban J connectivity index is 1.67. The number of aromatic nitrogens is 1. The first-order valence-electron chi connectivity index (χ1n) is 10.4. The van der Waals surface area contributed by atoms with Gasteiger partial charge in [-0.25, -0.2) is 0 Å². The fourth-order valence-corrected chi connectivity index (χ4v) is 4.90. The molecule has 2 aliphatic rings. The fraction of sp³-hybridized carbons (Fsp3) is 0.375. The molecule has 0 N–H and O–H groups in total. The topological polar surface area (TPSA) is 12.9 Å². The van der Waals surface area contributed by atoms with Gasteiger partial charge in [-0.2, -0.15) is 35.1 Å². The SMILES string of the molecule is FC1(F)c2ccc(-c3nccc4cc(C5CCCC5)ccc34)cc2C(F)(F)C(F)(F)C1(F)F. The molecule has 5 rings (SSSR count). The van der Waals surface area contributed by atoms with Crippen LogP contribution in [0.5, 0.6) is 0 Å². The summed E-state index contributed by atoms with van der Waals surface area (Å²) >= 11 is 0. The number of fused-ring (bicyclic) bond motifs is 2. The quantitative estimate of drug-likeness (QED) is 0.345. The smallest absolute Gasteiger partial charge is 0.256 e. The van der Waals surface area contributed by atoms with Gasteiger partial charge in [0.05, 0.1) is 5.69 Å². The molecule has 1 heterocycles. The first kappa shape index (κ1) is 22.1. The van der Waals surface area contributed by atoms with Crippen molar-refractivity contribution in [3.05, 3.63) is 65.4 Å². The first-order chi connectivity index (χ1) is 15.4. The minimum Gasteiger partial charge on any atom is -0.256 e. The number of benzene rings is 2. The van der Waals surface area contributed by atoms with Gasteiger partial charge in [0.25, 0.3) is 0 Å². The highest BCUT2D eigenvalue weighted by Crippen LogP contribution is 2.64. The van der Waals surface area contributed by atoms with Crippen molar-refractivity contribution in [2.75, 3.05) is 0 Å². The van der Waals surface area contributed by atoms with E-state index >= 15 is 0 Å². The lowest BCUT2D eigenvalue weighted by atomic mass is 9.79. The van der Waals surface area contributed by atoms with E-state index in [4.69, 9.17) is 0 Å². The Bertz CT molecular complexity index is 1240. The molecule has 0 bridgehead atoms. The summed E-state index contributed by atoms with van der Waals surface area (Å²) in [5.41, 5.74) is -2.59. The predicted octanol–water partition coefficient (Wildman–Crippen LogP) is 8.03. The van der Waals surface area contributed by atoms with Gasteiger partial charge in [-0.1, -0.05) is 43.2 Å². The number of halogens is 8. The van der Waals surface area contributed by atoms with E-state index in [9.17, 15) is 35.1 Å². The van der Waals surface area contributed by atoms with Gasteiger partial charge in [-0.15, -0.1) is 0 Å². The van der Waals surface area contributed by atoms with Crippen molar-refractivity contribution in [3.8, 4) is 11.3 Å². The molecule has 2 aromatic carbocycles. The third-order valence-corrected chi connectivity index (χ3v) is 6.77. The summed E-state index contributed by atoms with van der Waals surface area (Å²) < 4.78 is 113. The zero-order chi connectivity index (χ0) is 23.8. The maximum atomic E-state index is 14.5. The average Bonchev–Trinajstić information content (AvgIpc) is 3.32.